The SMILES string of the molecule is CS(=O)(=O)Nc1ccc(NC(=O)c2ccc(O)c(N)c2)cc1O. The van der Waals surface area contributed by atoms with Crippen LogP contribution in [0.25, 0.3) is 0 Å². The largest absolute Gasteiger partial charge is 0.506 e. The number of nitrogens with one attached hydrogen (secondary N) is 2. The number of amides is 1. The van der Waals surface area contributed by atoms with Gasteiger partial charge in [-0.05, 0) is 30.3 Å². The van der Waals surface area contributed by atoms with Crippen LogP contribution >= 0.6 is 0 Å². The molecule has 0 aliphatic heterocycles. The number of benzene rings is 2. The van der Waals surface area contributed by atoms with Crippen molar-refractivity contribution in [1.82, 2.24) is 0 Å². The maximum atomic E-state index is 12.1. The van der Waals surface area contributed by atoms with Crippen molar-refractivity contribution in [3.8, 4) is 11.5 Å². The van der Waals surface area contributed by atoms with Crippen molar-refractivity contribution in [2.24, 2.45) is 0 Å². The van der Waals surface area contributed by atoms with Crippen molar-refractivity contribution in [1.29, 1.82) is 0 Å². The molecule has 2 rings (SSSR count). The Morgan fingerprint density at radius 1 is 1.09 bits per heavy atom. The third kappa shape index (κ3) is 4.27. The highest BCUT2D eigenvalue weighted by molar-refractivity contribution is 7.92. The molecule has 0 saturated heterocycles. The first-order chi connectivity index (χ1) is 10.7. The average molecular weight is 337 g/mol. The second kappa shape index (κ2) is 6.05. The number of hydrogen-bond donors (Lipinski definition) is 5. The summed E-state index contributed by atoms with van der Waals surface area (Å²) >= 11 is 0. The zero-order chi connectivity index (χ0) is 17.2. The summed E-state index contributed by atoms with van der Waals surface area (Å²) in [5.41, 5.74) is 6.06. The molecule has 0 aromatic heterocycles. The normalized spacial score (nSPS) is 11.0. The van der Waals surface area contributed by atoms with Crippen LogP contribution < -0.4 is 15.8 Å². The van der Waals surface area contributed by atoms with E-state index in [1.54, 1.807) is 0 Å². The topological polar surface area (TPSA) is 142 Å². The molecule has 0 heterocycles. The van der Waals surface area contributed by atoms with Crippen molar-refractivity contribution in [3.05, 3.63) is 42.0 Å². The van der Waals surface area contributed by atoms with Crippen LogP contribution in [-0.2, 0) is 10.0 Å². The quantitative estimate of drug-likeness (QED) is 0.420. The van der Waals surface area contributed by atoms with E-state index in [1.165, 1.54) is 36.4 Å². The fourth-order valence-corrected chi connectivity index (χ4v) is 2.37. The molecule has 2 aromatic carbocycles. The van der Waals surface area contributed by atoms with Crippen LogP contribution in [-0.4, -0.2) is 30.8 Å². The summed E-state index contributed by atoms with van der Waals surface area (Å²) in [6.07, 6.45) is 0.956. The first-order valence-electron chi connectivity index (χ1n) is 6.36. The maximum Gasteiger partial charge on any atom is 0.255 e. The number of nitrogens with two attached hydrogens (primary N) is 1. The molecule has 23 heavy (non-hydrogen) atoms. The van der Waals surface area contributed by atoms with E-state index in [4.69, 9.17) is 5.73 Å². The van der Waals surface area contributed by atoms with E-state index in [2.05, 4.69) is 10.0 Å². The zero-order valence-corrected chi connectivity index (χ0v) is 12.9. The second-order valence-electron chi connectivity index (χ2n) is 4.83. The smallest absolute Gasteiger partial charge is 0.255 e. The Labute approximate surface area is 132 Å². The van der Waals surface area contributed by atoms with Crippen LogP contribution in [0.5, 0.6) is 11.5 Å². The summed E-state index contributed by atoms with van der Waals surface area (Å²) in [5.74, 6) is -0.964. The fraction of sp³-hybridized carbons (Fsp3) is 0.0714. The monoisotopic (exact) mass is 337 g/mol. The molecular formula is C14H15N3O5S. The summed E-state index contributed by atoms with van der Waals surface area (Å²) in [4.78, 5) is 12.1. The average Bonchev–Trinajstić information content (AvgIpc) is 2.43. The number of phenols is 2. The van der Waals surface area contributed by atoms with Crippen LogP contribution in [0.3, 0.4) is 0 Å². The van der Waals surface area contributed by atoms with Crippen molar-refractivity contribution >= 4 is 33.0 Å². The first-order valence-corrected chi connectivity index (χ1v) is 8.25. The van der Waals surface area contributed by atoms with Crippen molar-refractivity contribution in [2.75, 3.05) is 22.0 Å². The Morgan fingerprint density at radius 2 is 1.78 bits per heavy atom. The second-order valence-corrected chi connectivity index (χ2v) is 6.58. The predicted molar refractivity (Wildman–Crippen MR) is 87.0 cm³/mol. The van der Waals surface area contributed by atoms with Crippen LogP contribution in [0.15, 0.2) is 36.4 Å². The molecule has 122 valence electrons. The van der Waals surface area contributed by atoms with Gasteiger partial charge in [-0.25, -0.2) is 8.42 Å². The highest BCUT2D eigenvalue weighted by Gasteiger charge is 2.11. The lowest BCUT2D eigenvalue weighted by molar-refractivity contribution is 0.102. The predicted octanol–water partition coefficient (Wildman–Crippen LogP) is 1.30. The molecule has 6 N–H and O–H groups in total. The van der Waals surface area contributed by atoms with E-state index >= 15 is 0 Å². The minimum Gasteiger partial charge on any atom is -0.506 e. The Morgan fingerprint density at radius 3 is 2.35 bits per heavy atom. The molecule has 0 aliphatic carbocycles. The number of aromatic hydroxyl groups is 2. The summed E-state index contributed by atoms with van der Waals surface area (Å²) < 4.78 is 24.4. The lowest BCUT2D eigenvalue weighted by Gasteiger charge is -2.10. The zero-order valence-electron chi connectivity index (χ0n) is 12.1. The minimum absolute atomic E-state index is 0.000577. The molecule has 0 fully saturated rings. The molecule has 0 spiro atoms. The van der Waals surface area contributed by atoms with E-state index in [-0.39, 0.29) is 34.1 Å². The summed E-state index contributed by atoms with van der Waals surface area (Å²) in [5, 5.41) is 21.6. The van der Waals surface area contributed by atoms with Gasteiger partial charge in [-0.2, -0.15) is 0 Å². The fourth-order valence-electron chi connectivity index (χ4n) is 1.79. The van der Waals surface area contributed by atoms with Crippen LogP contribution in [0.4, 0.5) is 17.1 Å². The number of sulfonamides is 1. The van der Waals surface area contributed by atoms with Gasteiger partial charge in [0.05, 0.1) is 17.6 Å². The minimum atomic E-state index is -3.52. The van der Waals surface area contributed by atoms with Gasteiger partial charge in [-0.1, -0.05) is 0 Å². The van der Waals surface area contributed by atoms with Gasteiger partial charge in [-0.15, -0.1) is 0 Å². The highest BCUT2D eigenvalue weighted by atomic mass is 32.2. The standard InChI is InChI=1S/C14H15N3O5S/c1-23(21,22)17-11-4-3-9(7-13(11)19)16-14(20)8-2-5-12(18)10(15)6-8/h2-7,17-19H,15H2,1H3,(H,16,20). The molecule has 1 amide bonds. The van der Waals surface area contributed by atoms with Gasteiger partial charge in [0, 0.05) is 17.3 Å². The summed E-state index contributed by atoms with van der Waals surface area (Å²) in [6.45, 7) is 0. The van der Waals surface area contributed by atoms with Gasteiger partial charge in [0.15, 0.2) is 0 Å². The number of anilines is 3. The van der Waals surface area contributed by atoms with Gasteiger partial charge in [0.25, 0.3) is 5.91 Å². The van der Waals surface area contributed by atoms with Gasteiger partial charge in [0.1, 0.15) is 11.5 Å². The molecule has 0 saturated carbocycles. The van der Waals surface area contributed by atoms with Gasteiger partial charge < -0.3 is 21.3 Å². The third-order valence-corrected chi connectivity index (χ3v) is 3.43. The van der Waals surface area contributed by atoms with Gasteiger partial charge in [-0.3, -0.25) is 9.52 Å². The van der Waals surface area contributed by atoms with E-state index in [9.17, 15) is 23.4 Å². The lowest BCUT2D eigenvalue weighted by Crippen LogP contribution is -2.13. The van der Waals surface area contributed by atoms with E-state index in [1.807, 2.05) is 0 Å². The molecule has 0 aliphatic rings. The number of phenolic OH excluding ortho intramolecular Hbond substituents is 2. The van der Waals surface area contributed by atoms with E-state index in [0.29, 0.717) is 0 Å². The lowest BCUT2D eigenvalue weighted by atomic mass is 10.1. The Balaban J connectivity index is 2.18. The molecule has 0 unspecified atom stereocenters. The highest BCUT2D eigenvalue weighted by Crippen LogP contribution is 2.28. The van der Waals surface area contributed by atoms with Crippen molar-refractivity contribution < 1.29 is 23.4 Å². The number of carbonyl (C=O) groups excluding carboxylic acids is 1. The number of rotatable bonds is 4. The Hall–Kier alpha value is -2.94. The van der Waals surface area contributed by atoms with E-state index in [0.717, 1.165) is 6.26 Å². The Bertz CT molecular complexity index is 865. The van der Waals surface area contributed by atoms with Crippen LogP contribution in [0.1, 0.15) is 10.4 Å². The number of hydrogen-bond acceptors (Lipinski definition) is 6. The Kier molecular flexibility index (Phi) is 4.32. The van der Waals surface area contributed by atoms with Gasteiger partial charge in [0.2, 0.25) is 10.0 Å². The number of nitrogen functional groups attached to an aromatic ring is 1. The van der Waals surface area contributed by atoms with E-state index < -0.39 is 15.9 Å². The molecular weight excluding hydrogens is 322 g/mol. The molecule has 8 nitrogen and oxygen atoms in total. The van der Waals surface area contributed by atoms with Crippen molar-refractivity contribution in [3.63, 3.8) is 0 Å². The number of carbonyl (C=O) groups is 1. The summed E-state index contributed by atoms with van der Waals surface area (Å²) in [6, 6.07) is 7.94. The molecule has 0 bridgehead atoms. The first kappa shape index (κ1) is 16.4. The maximum absolute atomic E-state index is 12.1. The molecule has 0 radical (unpaired) electrons. The molecule has 9 heteroatoms. The summed E-state index contributed by atoms with van der Waals surface area (Å²) in [7, 11) is -3.52. The molecule has 2 aromatic rings. The van der Waals surface area contributed by atoms with Crippen molar-refractivity contribution in [2.45, 2.75) is 0 Å². The van der Waals surface area contributed by atoms with Crippen LogP contribution in [0, 0.1) is 0 Å². The van der Waals surface area contributed by atoms with Gasteiger partial charge >= 0.3 is 0 Å². The third-order valence-electron chi connectivity index (χ3n) is 2.84. The molecule has 0 atom stereocenters. The van der Waals surface area contributed by atoms with Crippen LogP contribution in [0.2, 0.25) is 0 Å².